The number of benzene rings is 3. The zero-order valence-electron chi connectivity index (χ0n) is 14.5. The van der Waals surface area contributed by atoms with Crippen molar-refractivity contribution in [2.75, 3.05) is 11.5 Å². The Morgan fingerprint density at radius 3 is 1.81 bits per heavy atom. The summed E-state index contributed by atoms with van der Waals surface area (Å²) in [5, 5.41) is 0. The van der Waals surface area contributed by atoms with Crippen LogP contribution in [0.1, 0.15) is 5.56 Å². The molecule has 0 spiro atoms. The van der Waals surface area contributed by atoms with Crippen LogP contribution >= 0.6 is 0 Å². The SMILES string of the molecule is C=CC(=O)OCCc1ccc(N(c2ccccc2)c2ccccc2)cc1. The first kappa shape index (κ1) is 17.5. The van der Waals surface area contributed by atoms with E-state index in [0.717, 1.165) is 22.6 Å². The fourth-order valence-corrected chi connectivity index (χ4v) is 2.74. The molecular weight excluding hydrogens is 322 g/mol. The highest BCUT2D eigenvalue weighted by atomic mass is 16.5. The van der Waals surface area contributed by atoms with Crippen LogP contribution in [-0.2, 0) is 16.0 Å². The normalized spacial score (nSPS) is 10.2. The summed E-state index contributed by atoms with van der Waals surface area (Å²) in [6, 6.07) is 28.8. The maximum Gasteiger partial charge on any atom is 0.330 e. The quantitative estimate of drug-likeness (QED) is 0.423. The summed E-state index contributed by atoms with van der Waals surface area (Å²) in [4.78, 5) is 13.3. The van der Waals surface area contributed by atoms with Crippen LogP contribution in [0.4, 0.5) is 17.1 Å². The molecule has 0 amide bonds. The van der Waals surface area contributed by atoms with Gasteiger partial charge in [-0.15, -0.1) is 0 Å². The van der Waals surface area contributed by atoms with Crippen molar-refractivity contribution in [1.82, 2.24) is 0 Å². The van der Waals surface area contributed by atoms with Crippen LogP contribution in [0.25, 0.3) is 0 Å². The standard InChI is InChI=1S/C23H21NO2/c1-2-23(25)26-18-17-19-13-15-22(16-14-19)24(20-9-5-3-6-10-20)21-11-7-4-8-12-21/h2-16H,1,17-18H2. The maximum absolute atomic E-state index is 11.1. The predicted octanol–water partition coefficient (Wildman–Crippen LogP) is 5.43. The second-order valence-corrected chi connectivity index (χ2v) is 5.79. The molecule has 0 fully saturated rings. The predicted molar refractivity (Wildman–Crippen MR) is 106 cm³/mol. The van der Waals surface area contributed by atoms with Crippen molar-refractivity contribution in [2.45, 2.75) is 6.42 Å². The van der Waals surface area contributed by atoms with Crippen molar-refractivity contribution < 1.29 is 9.53 Å². The van der Waals surface area contributed by atoms with Gasteiger partial charge in [-0.05, 0) is 42.0 Å². The number of ether oxygens (including phenoxy) is 1. The Labute approximate surface area is 154 Å². The summed E-state index contributed by atoms with van der Waals surface area (Å²) in [6.07, 6.45) is 1.86. The number of rotatable bonds is 7. The number of hydrogen-bond donors (Lipinski definition) is 0. The summed E-state index contributed by atoms with van der Waals surface area (Å²) in [6.45, 7) is 3.75. The molecule has 0 unspecified atom stereocenters. The van der Waals surface area contributed by atoms with Gasteiger partial charge in [-0.1, -0.05) is 55.1 Å². The van der Waals surface area contributed by atoms with E-state index in [-0.39, 0.29) is 5.97 Å². The van der Waals surface area contributed by atoms with Crippen LogP contribution in [0, 0.1) is 0 Å². The van der Waals surface area contributed by atoms with Crippen LogP contribution in [0.2, 0.25) is 0 Å². The van der Waals surface area contributed by atoms with Crippen molar-refractivity contribution in [2.24, 2.45) is 0 Å². The van der Waals surface area contributed by atoms with Gasteiger partial charge >= 0.3 is 5.97 Å². The van der Waals surface area contributed by atoms with E-state index < -0.39 is 0 Å². The Morgan fingerprint density at radius 1 is 0.808 bits per heavy atom. The van der Waals surface area contributed by atoms with E-state index >= 15 is 0 Å². The zero-order valence-corrected chi connectivity index (χ0v) is 14.5. The van der Waals surface area contributed by atoms with Gasteiger partial charge in [0.25, 0.3) is 0 Å². The van der Waals surface area contributed by atoms with E-state index in [4.69, 9.17) is 4.74 Å². The van der Waals surface area contributed by atoms with Crippen molar-refractivity contribution in [3.63, 3.8) is 0 Å². The first-order valence-corrected chi connectivity index (χ1v) is 8.56. The molecule has 0 aliphatic heterocycles. The van der Waals surface area contributed by atoms with Crippen molar-refractivity contribution >= 4 is 23.0 Å². The lowest BCUT2D eigenvalue weighted by molar-refractivity contribution is -0.137. The van der Waals surface area contributed by atoms with Crippen LogP contribution in [-0.4, -0.2) is 12.6 Å². The molecule has 0 saturated carbocycles. The third-order valence-electron chi connectivity index (χ3n) is 4.03. The summed E-state index contributed by atoms with van der Waals surface area (Å²) in [5.41, 5.74) is 4.40. The number of nitrogens with zero attached hydrogens (tertiary/aromatic N) is 1. The van der Waals surface area contributed by atoms with E-state index in [0.29, 0.717) is 13.0 Å². The molecule has 0 bridgehead atoms. The molecule has 3 rings (SSSR count). The molecule has 130 valence electrons. The Kier molecular flexibility index (Phi) is 5.84. The average molecular weight is 343 g/mol. The minimum absolute atomic E-state index is 0.352. The summed E-state index contributed by atoms with van der Waals surface area (Å²) < 4.78 is 5.04. The largest absolute Gasteiger partial charge is 0.462 e. The smallest absolute Gasteiger partial charge is 0.330 e. The van der Waals surface area contributed by atoms with Gasteiger partial charge in [0.1, 0.15) is 0 Å². The molecule has 0 radical (unpaired) electrons. The van der Waals surface area contributed by atoms with Gasteiger partial charge in [0, 0.05) is 29.6 Å². The highest BCUT2D eigenvalue weighted by Gasteiger charge is 2.11. The second-order valence-electron chi connectivity index (χ2n) is 5.79. The van der Waals surface area contributed by atoms with Crippen LogP contribution in [0.5, 0.6) is 0 Å². The lowest BCUT2D eigenvalue weighted by atomic mass is 10.1. The fourth-order valence-electron chi connectivity index (χ4n) is 2.74. The Hall–Kier alpha value is -3.33. The van der Waals surface area contributed by atoms with E-state index in [2.05, 4.69) is 60.0 Å². The second kappa shape index (κ2) is 8.67. The number of carbonyl (C=O) groups excluding carboxylic acids is 1. The van der Waals surface area contributed by atoms with Gasteiger partial charge in [-0.25, -0.2) is 4.79 Å². The molecule has 0 N–H and O–H groups in total. The third kappa shape index (κ3) is 4.39. The molecule has 0 aliphatic rings. The van der Waals surface area contributed by atoms with E-state index in [1.165, 1.54) is 6.08 Å². The lowest BCUT2D eigenvalue weighted by Gasteiger charge is -2.25. The lowest BCUT2D eigenvalue weighted by Crippen LogP contribution is -2.10. The monoisotopic (exact) mass is 343 g/mol. The van der Waals surface area contributed by atoms with E-state index in [1.54, 1.807) is 0 Å². The molecule has 3 heteroatoms. The Morgan fingerprint density at radius 2 is 1.31 bits per heavy atom. The molecule has 26 heavy (non-hydrogen) atoms. The number of para-hydroxylation sites is 2. The maximum atomic E-state index is 11.1. The summed E-state index contributed by atoms with van der Waals surface area (Å²) in [5.74, 6) is -0.388. The van der Waals surface area contributed by atoms with Gasteiger partial charge in [-0.2, -0.15) is 0 Å². The molecule has 0 aromatic heterocycles. The molecule has 0 aliphatic carbocycles. The highest BCUT2D eigenvalue weighted by molar-refractivity contribution is 5.81. The molecule has 0 atom stereocenters. The molecule has 0 heterocycles. The van der Waals surface area contributed by atoms with E-state index in [1.807, 2.05) is 36.4 Å². The third-order valence-corrected chi connectivity index (χ3v) is 4.03. The van der Waals surface area contributed by atoms with Crippen molar-refractivity contribution in [3.05, 3.63) is 103 Å². The first-order valence-electron chi connectivity index (χ1n) is 8.56. The number of anilines is 3. The highest BCUT2D eigenvalue weighted by Crippen LogP contribution is 2.33. The fraction of sp³-hybridized carbons (Fsp3) is 0.0870. The van der Waals surface area contributed by atoms with Crippen LogP contribution in [0.3, 0.4) is 0 Å². The van der Waals surface area contributed by atoms with Gasteiger partial charge in [-0.3, -0.25) is 0 Å². The Bertz CT molecular complexity index is 803. The molecule has 3 aromatic rings. The minimum Gasteiger partial charge on any atom is -0.462 e. The Balaban J connectivity index is 1.81. The van der Waals surface area contributed by atoms with E-state index in [9.17, 15) is 4.79 Å². The molecule has 3 nitrogen and oxygen atoms in total. The van der Waals surface area contributed by atoms with Gasteiger partial charge in [0.05, 0.1) is 6.61 Å². The number of esters is 1. The van der Waals surface area contributed by atoms with Crippen molar-refractivity contribution in [3.8, 4) is 0 Å². The van der Waals surface area contributed by atoms with Crippen LogP contribution in [0.15, 0.2) is 97.6 Å². The molecule has 3 aromatic carbocycles. The summed E-state index contributed by atoms with van der Waals surface area (Å²) in [7, 11) is 0. The topological polar surface area (TPSA) is 29.5 Å². The number of hydrogen-bond acceptors (Lipinski definition) is 3. The van der Waals surface area contributed by atoms with Gasteiger partial charge in [0.15, 0.2) is 0 Å². The molecule has 0 saturated heterocycles. The average Bonchev–Trinajstić information content (AvgIpc) is 2.71. The van der Waals surface area contributed by atoms with Crippen LogP contribution < -0.4 is 4.90 Å². The number of carbonyl (C=O) groups is 1. The molecular formula is C23H21NO2. The van der Waals surface area contributed by atoms with Crippen molar-refractivity contribution in [1.29, 1.82) is 0 Å². The minimum atomic E-state index is -0.388. The summed E-state index contributed by atoms with van der Waals surface area (Å²) >= 11 is 0. The zero-order chi connectivity index (χ0) is 18.2. The first-order chi connectivity index (χ1) is 12.8. The van der Waals surface area contributed by atoms with Gasteiger partial charge < -0.3 is 9.64 Å². The van der Waals surface area contributed by atoms with Gasteiger partial charge in [0.2, 0.25) is 0 Å².